The highest BCUT2D eigenvalue weighted by molar-refractivity contribution is 5.72. The van der Waals surface area contributed by atoms with Crippen molar-refractivity contribution >= 4 is 5.97 Å². The van der Waals surface area contributed by atoms with Crippen LogP contribution in [0, 0.1) is 12.8 Å². The second-order valence-electron chi connectivity index (χ2n) is 9.12. The molecule has 1 saturated carbocycles. The normalized spacial score (nSPS) is 15.7. The van der Waals surface area contributed by atoms with Gasteiger partial charge in [-0.3, -0.25) is 4.79 Å². The summed E-state index contributed by atoms with van der Waals surface area (Å²) in [7, 11) is 0. The first-order valence-electron chi connectivity index (χ1n) is 12.6. The number of carbonyl (C=O) groups excluding carboxylic acids is 1. The second kappa shape index (κ2) is 14.5. The minimum absolute atomic E-state index is 0.126. The van der Waals surface area contributed by atoms with Gasteiger partial charge in [0.15, 0.2) is 0 Å². The van der Waals surface area contributed by atoms with Gasteiger partial charge in [-0.15, -0.1) is 0 Å². The van der Waals surface area contributed by atoms with Crippen LogP contribution in [0.3, 0.4) is 0 Å². The number of benzene rings is 1. The Kier molecular flexibility index (Phi) is 12.0. The number of hydrogen-bond acceptors (Lipinski definition) is 3. The van der Waals surface area contributed by atoms with Crippen molar-refractivity contribution in [2.24, 2.45) is 5.92 Å². The number of aryl methyl sites for hydroxylation is 1. The minimum atomic E-state index is -0.126. The number of esters is 1. The van der Waals surface area contributed by atoms with Crippen LogP contribution < -0.4 is 9.47 Å². The van der Waals surface area contributed by atoms with Gasteiger partial charge in [-0.05, 0) is 68.7 Å². The molecule has 0 bridgehead atoms. The molecular formula is C27H44O3. The Labute approximate surface area is 184 Å². The SMILES string of the molecule is CCCCCCCC(=O)Oc1ccc(OC(CCCCC)C2CCCCC2)c(C)c1. The van der Waals surface area contributed by atoms with Gasteiger partial charge >= 0.3 is 5.97 Å². The van der Waals surface area contributed by atoms with Crippen molar-refractivity contribution in [1.29, 1.82) is 0 Å². The molecule has 1 fully saturated rings. The number of carbonyl (C=O) groups is 1. The van der Waals surface area contributed by atoms with Gasteiger partial charge in [-0.2, -0.15) is 0 Å². The third-order valence-corrected chi connectivity index (χ3v) is 6.41. The van der Waals surface area contributed by atoms with Crippen molar-refractivity contribution in [2.75, 3.05) is 0 Å². The highest BCUT2D eigenvalue weighted by Gasteiger charge is 2.25. The van der Waals surface area contributed by atoms with Crippen molar-refractivity contribution in [3.05, 3.63) is 23.8 Å². The van der Waals surface area contributed by atoms with E-state index in [1.54, 1.807) is 0 Å². The summed E-state index contributed by atoms with van der Waals surface area (Å²) in [5.74, 6) is 2.14. The lowest BCUT2D eigenvalue weighted by Crippen LogP contribution is -2.29. The Morgan fingerprint density at radius 1 is 0.967 bits per heavy atom. The molecule has 1 aliphatic rings. The number of rotatable bonds is 14. The fourth-order valence-corrected chi connectivity index (χ4v) is 4.53. The van der Waals surface area contributed by atoms with Crippen LogP contribution in [0.25, 0.3) is 0 Å². The maximum atomic E-state index is 12.1. The van der Waals surface area contributed by atoms with E-state index in [0.717, 1.165) is 30.6 Å². The highest BCUT2D eigenvalue weighted by atomic mass is 16.5. The molecule has 3 nitrogen and oxygen atoms in total. The van der Waals surface area contributed by atoms with Gasteiger partial charge < -0.3 is 9.47 Å². The Hall–Kier alpha value is -1.51. The molecule has 3 heteroatoms. The first-order chi connectivity index (χ1) is 14.6. The standard InChI is InChI=1S/C27H44O3/c1-4-6-8-9-14-18-27(28)29-24-19-20-25(22(3)21-24)30-26(17-11-7-5-2)23-15-12-10-13-16-23/h19-21,23,26H,4-18H2,1-3H3. The minimum Gasteiger partial charge on any atom is -0.490 e. The maximum Gasteiger partial charge on any atom is 0.311 e. The topological polar surface area (TPSA) is 35.5 Å². The molecule has 0 aromatic heterocycles. The van der Waals surface area contributed by atoms with E-state index in [1.807, 2.05) is 18.2 Å². The van der Waals surface area contributed by atoms with Crippen LogP contribution in [0.1, 0.15) is 116 Å². The predicted octanol–water partition coefficient (Wildman–Crippen LogP) is 8.17. The summed E-state index contributed by atoms with van der Waals surface area (Å²) >= 11 is 0. The van der Waals surface area contributed by atoms with Crippen molar-refractivity contribution < 1.29 is 14.3 Å². The van der Waals surface area contributed by atoms with E-state index in [-0.39, 0.29) is 5.97 Å². The fourth-order valence-electron chi connectivity index (χ4n) is 4.53. The van der Waals surface area contributed by atoms with Crippen LogP contribution in [0.2, 0.25) is 0 Å². The van der Waals surface area contributed by atoms with Crippen LogP contribution >= 0.6 is 0 Å². The fraction of sp³-hybridized carbons (Fsp3) is 0.741. The van der Waals surface area contributed by atoms with Crippen LogP contribution in [-0.2, 0) is 4.79 Å². The van der Waals surface area contributed by atoms with Crippen molar-refractivity contribution in [3.8, 4) is 11.5 Å². The first kappa shape index (κ1) is 24.8. The lowest BCUT2D eigenvalue weighted by atomic mass is 9.83. The van der Waals surface area contributed by atoms with E-state index in [0.29, 0.717) is 24.2 Å². The molecule has 1 atom stereocenters. The molecule has 0 heterocycles. The average Bonchev–Trinajstić information content (AvgIpc) is 2.75. The van der Waals surface area contributed by atoms with E-state index >= 15 is 0 Å². The summed E-state index contributed by atoms with van der Waals surface area (Å²) in [6.07, 6.45) is 18.1. The molecule has 1 aliphatic carbocycles. The summed E-state index contributed by atoms with van der Waals surface area (Å²) in [6, 6.07) is 5.84. The molecule has 0 spiro atoms. The van der Waals surface area contributed by atoms with Gasteiger partial charge in [0.25, 0.3) is 0 Å². The molecule has 0 saturated heterocycles. The molecule has 2 rings (SSSR count). The van der Waals surface area contributed by atoms with Crippen LogP contribution in [0.15, 0.2) is 18.2 Å². The number of hydrogen-bond donors (Lipinski definition) is 0. The lowest BCUT2D eigenvalue weighted by molar-refractivity contribution is -0.134. The zero-order chi connectivity index (χ0) is 21.6. The third-order valence-electron chi connectivity index (χ3n) is 6.41. The third kappa shape index (κ3) is 9.10. The van der Waals surface area contributed by atoms with Gasteiger partial charge in [0, 0.05) is 6.42 Å². The van der Waals surface area contributed by atoms with Gasteiger partial charge in [0.05, 0.1) is 0 Å². The van der Waals surface area contributed by atoms with Crippen molar-refractivity contribution in [2.45, 2.75) is 123 Å². The Bertz CT molecular complexity index is 604. The molecule has 0 aliphatic heterocycles. The molecule has 30 heavy (non-hydrogen) atoms. The molecule has 1 aromatic carbocycles. The lowest BCUT2D eigenvalue weighted by Gasteiger charge is -2.31. The summed E-state index contributed by atoms with van der Waals surface area (Å²) in [5, 5.41) is 0. The first-order valence-corrected chi connectivity index (χ1v) is 12.6. The zero-order valence-electron chi connectivity index (χ0n) is 19.7. The summed E-state index contributed by atoms with van der Waals surface area (Å²) in [4.78, 5) is 12.1. The molecular weight excluding hydrogens is 372 g/mol. The summed E-state index contributed by atoms with van der Waals surface area (Å²) in [6.45, 7) is 6.51. The van der Waals surface area contributed by atoms with Gasteiger partial charge in [-0.25, -0.2) is 0 Å². The predicted molar refractivity (Wildman–Crippen MR) is 125 cm³/mol. The molecule has 0 N–H and O–H groups in total. The Morgan fingerprint density at radius 3 is 2.37 bits per heavy atom. The molecule has 1 unspecified atom stereocenters. The smallest absolute Gasteiger partial charge is 0.311 e. The van der Waals surface area contributed by atoms with Crippen LogP contribution in [0.4, 0.5) is 0 Å². The van der Waals surface area contributed by atoms with Crippen molar-refractivity contribution in [1.82, 2.24) is 0 Å². The Morgan fingerprint density at radius 2 is 1.67 bits per heavy atom. The second-order valence-corrected chi connectivity index (χ2v) is 9.12. The average molecular weight is 417 g/mol. The molecule has 1 aromatic rings. The highest BCUT2D eigenvalue weighted by Crippen LogP contribution is 2.33. The van der Waals surface area contributed by atoms with E-state index in [1.165, 1.54) is 70.6 Å². The van der Waals surface area contributed by atoms with E-state index in [4.69, 9.17) is 9.47 Å². The van der Waals surface area contributed by atoms with Gasteiger partial charge in [0.1, 0.15) is 17.6 Å². The van der Waals surface area contributed by atoms with Gasteiger partial charge in [0.2, 0.25) is 0 Å². The summed E-state index contributed by atoms with van der Waals surface area (Å²) < 4.78 is 12.1. The molecule has 0 amide bonds. The summed E-state index contributed by atoms with van der Waals surface area (Å²) in [5.41, 5.74) is 1.06. The monoisotopic (exact) mass is 416 g/mol. The molecule has 0 radical (unpaired) electrons. The van der Waals surface area contributed by atoms with Crippen LogP contribution in [-0.4, -0.2) is 12.1 Å². The Balaban J connectivity index is 1.89. The van der Waals surface area contributed by atoms with Gasteiger partial charge in [-0.1, -0.05) is 71.6 Å². The quantitative estimate of drug-likeness (QED) is 0.174. The molecule has 170 valence electrons. The maximum absolute atomic E-state index is 12.1. The van der Waals surface area contributed by atoms with E-state index < -0.39 is 0 Å². The van der Waals surface area contributed by atoms with Crippen molar-refractivity contribution in [3.63, 3.8) is 0 Å². The van der Waals surface area contributed by atoms with E-state index in [9.17, 15) is 4.79 Å². The number of ether oxygens (including phenoxy) is 2. The largest absolute Gasteiger partial charge is 0.490 e. The zero-order valence-corrected chi connectivity index (χ0v) is 19.7. The van der Waals surface area contributed by atoms with Crippen LogP contribution in [0.5, 0.6) is 11.5 Å². The van der Waals surface area contributed by atoms with E-state index in [2.05, 4.69) is 20.8 Å². The number of unbranched alkanes of at least 4 members (excludes halogenated alkanes) is 6.